The van der Waals surface area contributed by atoms with E-state index in [-0.39, 0.29) is 23.3 Å². The predicted octanol–water partition coefficient (Wildman–Crippen LogP) is 2.14. The minimum Gasteiger partial charge on any atom is -0.507 e. The monoisotopic (exact) mass is 329 g/mol. The van der Waals surface area contributed by atoms with E-state index >= 15 is 0 Å². The summed E-state index contributed by atoms with van der Waals surface area (Å²) in [5.74, 6) is 2.14. The van der Waals surface area contributed by atoms with Crippen molar-refractivity contribution in [1.82, 2.24) is 5.32 Å². The van der Waals surface area contributed by atoms with Gasteiger partial charge in [-0.2, -0.15) is 0 Å². The minimum absolute atomic E-state index is 0.0224. The molecule has 0 radical (unpaired) electrons. The number of hydrogen-bond acceptors (Lipinski definition) is 2. The Bertz CT molecular complexity index is 437. The lowest BCUT2D eigenvalue weighted by molar-refractivity contribution is 0.0938. The average molecular weight is 329 g/mol. The maximum absolute atomic E-state index is 11.8. The lowest BCUT2D eigenvalue weighted by Gasteiger charge is -2.11. The SMILES string of the molecule is C#CCC(C)NC(=O)c1cc(I)ccc1O. The highest BCUT2D eigenvalue weighted by molar-refractivity contribution is 14.1. The van der Waals surface area contributed by atoms with Crippen molar-refractivity contribution >= 4 is 28.5 Å². The Morgan fingerprint density at radius 3 is 3.00 bits per heavy atom. The molecule has 0 aliphatic carbocycles. The van der Waals surface area contributed by atoms with E-state index in [4.69, 9.17) is 6.42 Å². The summed E-state index contributed by atoms with van der Waals surface area (Å²) in [7, 11) is 0. The molecule has 0 bridgehead atoms. The molecule has 0 aromatic heterocycles. The second-order valence-corrected chi connectivity index (χ2v) is 4.69. The van der Waals surface area contributed by atoms with Crippen molar-refractivity contribution in [3.8, 4) is 18.1 Å². The van der Waals surface area contributed by atoms with Crippen LogP contribution in [0.25, 0.3) is 0 Å². The minimum atomic E-state index is -0.307. The molecule has 1 amide bonds. The Labute approximate surface area is 108 Å². The molecule has 0 saturated carbocycles. The van der Waals surface area contributed by atoms with Crippen LogP contribution in [0, 0.1) is 15.9 Å². The van der Waals surface area contributed by atoms with Crippen molar-refractivity contribution in [2.75, 3.05) is 0 Å². The standard InChI is InChI=1S/C12H12INO2/c1-3-4-8(2)14-12(16)10-7-9(13)5-6-11(10)15/h1,5-8,15H,4H2,2H3,(H,14,16). The number of carbonyl (C=O) groups excluding carboxylic acids is 1. The normalized spacial score (nSPS) is 11.6. The molecule has 0 spiro atoms. The molecule has 0 aliphatic heterocycles. The van der Waals surface area contributed by atoms with Crippen LogP contribution in [0.2, 0.25) is 0 Å². The first-order valence-corrected chi connectivity index (χ1v) is 5.85. The molecule has 1 aromatic rings. The second-order valence-electron chi connectivity index (χ2n) is 3.44. The lowest BCUT2D eigenvalue weighted by Crippen LogP contribution is -2.32. The van der Waals surface area contributed by atoms with E-state index in [1.165, 1.54) is 6.07 Å². The Morgan fingerprint density at radius 2 is 2.38 bits per heavy atom. The maximum atomic E-state index is 11.8. The van der Waals surface area contributed by atoms with E-state index in [9.17, 15) is 9.90 Å². The molecule has 4 heteroatoms. The molecule has 1 unspecified atom stereocenters. The van der Waals surface area contributed by atoms with Gasteiger partial charge in [0.25, 0.3) is 5.91 Å². The third-order valence-corrected chi connectivity index (χ3v) is 2.68. The summed E-state index contributed by atoms with van der Waals surface area (Å²) >= 11 is 2.08. The number of halogens is 1. The van der Waals surface area contributed by atoms with Crippen molar-refractivity contribution < 1.29 is 9.90 Å². The van der Waals surface area contributed by atoms with Crippen LogP contribution in [-0.2, 0) is 0 Å². The van der Waals surface area contributed by atoms with Crippen LogP contribution >= 0.6 is 22.6 Å². The number of aromatic hydroxyl groups is 1. The first kappa shape index (κ1) is 12.8. The average Bonchev–Trinajstić information content (AvgIpc) is 2.21. The number of phenols is 1. The van der Waals surface area contributed by atoms with Gasteiger partial charge in [-0.05, 0) is 47.7 Å². The predicted molar refractivity (Wildman–Crippen MR) is 71.2 cm³/mol. The molecule has 0 heterocycles. The maximum Gasteiger partial charge on any atom is 0.255 e. The van der Waals surface area contributed by atoms with Crippen LogP contribution in [0.3, 0.4) is 0 Å². The molecule has 2 N–H and O–H groups in total. The first-order chi connectivity index (χ1) is 7.54. The molecule has 1 atom stereocenters. The molecular weight excluding hydrogens is 317 g/mol. The molecule has 0 fully saturated rings. The Kier molecular flexibility index (Phi) is 4.62. The van der Waals surface area contributed by atoms with Gasteiger partial charge in [-0.15, -0.1) is 12.3 Å². The summed E-state index contributed by atoms with van der Waals surface area (Å²) < 4.78 is 0.894. The van der Waals surface area contributed by atoms with Crippen LogP contribution in [0.15, 0.2) is 18.2 Å². The molecule has 0 aliphatic rings. The van der Waals surface area contributed by atoms with Gasteiger partial charge < -0.3 is 10.4 Å². The van der Waals surface area contributed by atoms with Gasteiger partial charge in [0.2, 0.25) is 0 Å². The third kappa shape index (κ3) is 3.42. The Balaban J connectivity index is 2.81. The number of amides is 1. The second kappa shape index (κ2) is 5.75. The topological polar surface area (TPSA) is 49.3 Å². The molecule has 16 heavy (non-hydrogen) atoms. The van der Waals surface area contributed by atoms with Crippen LogP contribution in [-0.4, -0.2) is 17.1 Å². The highest BCUT2D eigenvalue weighted by atomic mass is 127. The molecular formula is C12H12INO2. The van der Waals surface area contributed by atoms with Crippen molar-refractivity contribution in [3.63, 3.8) is 0 Å². The zero-order valence-electron chi connectivity index (χ0n) is 8.83. The summed E-state index contributed by atoms with van der Waals surface area (Å²) in [6, 6.07) is 4.77. The van der Waals surface area contributed by atoms with Gasteiger partial charge in [0, 0.05) is 16.0 Å². The third-order valence-electron chi connectivity index (χ3n) is 2.00. The van der Waals surface area contributed by atoms with Gasteiger partial charge in [0.05, 0.1) is 5.56 Å². The molecule has 3 nitrogen and oxygen atoms in total. The first-order valence-electron chi connectivity index (χ1n) is 4.77. The van der Waals surface area contributed by atoms with E-state index in [1.807, 2.05) is 6.92 Å². The number of terminal acetylenes is 1. The van der Waals surface area contributed by atoms with Gasteiger partial charge in [0.15, 0.2) is 0 Å². The summed E-state index contributed by atoms with van der Waals surface area (Å²) in [5.41, 5.74) is 0.274. The molecule has 0 saturated heterocycles. The zero-order valence-corrected chi connectivity index (χ0v) is 11.0. The van der Waals surface area contributed by atoms with Gasteiger partial charge in [-0.25, -0.2) is 0 Å². The highest BCUT2D eigenvalue weighted by Crippen LogP contribution is 2.19. The summed E-state index contributed by atoms with van der Waals surface area (Å²) in [4.78, 5) is 11.8. The summed E-state index contributed by atoms with van der Waals surface area (Å²) in [6.07, 6.45) is 5.61. The van der Waals surface area contributed by atoms with Gasteiger partial charge in [0.1, 0.15) is 5.75 Å². The van der Waals surface area contributed by atoms with Crippen molar-refractivity contribution in [3.05, 3.63) is 27.3 Å². The molecule has 1 rings (SSSR count). The van der Waals surface area contributed by atoms with Crippen molar-refractivity contribution in [2.24, 2.45) is 0 Å². The van der Waals surface area contributed by atoms with Crippen molar-refractivity contribution in [1.29, 1.82) is 0 Å². The van der Waals surface area contributed by atoms with Gasteiger partial charge in [-0.1, -0.05) is 0 Å². The van der Waals surface area contributed by atoms with E-state index < -0.39 is 0 Å². The number of rotatable bonds is 3. The number of hydrogen-bond donors (Lipinski definition) is 2. The number of nitrogens with one attached hydrogen (secondary N) is 1. The molecule has 1 aromatic carbocycles. The quantitative estimate of drug-likeness (QED) is 0.659. The smallest absolute Gasteiger partial charge is 0.255 e. The fourth-order valence-electron chi connectivity index (χ4n) is 1.22. The van der Waals surface area contributed by atoms with Gasteiger partial charge in [-0.3, -0.25) is 4.79 Å². The van der Waals surface area contributed by atoms with Crippen LogP contribution in [0.4, 0.5) is 0 Å². The fourth-order valence-corrected chi connectivity index (χ4v) is 1.71. The zero-order chi connectivity index (χ0) is 12.1. The highest BCUT2D eigenvalue weighted by Gasteiger charge is 2.13. The van der Waals surface area contributed by atoms with Crippen molar-refractivity contribution in [2.45, 2.75) is 19.4 Å². The Morgan fingerprint density at radius 1 is 1.69 bits per heavy atom. The number of carbonyl (C=O) groups is 1. The summed E-state index contributed by atoms with van der Waals surface area (Å²) in [6.45, 7) is 1.82. The van der Waals surface area contributed by atoms with Gasteiger partial charge >= 0.3 is 0 Å². The van der Waals surface area contributed by atoms with E-state index in [2.05, 4.69) is 33.8 Å². The largest absolute Gasteiger partial charge is 0.507 e. The van der Waals surface area contributed by atoms with Crippen LogP contribution in [0.5, 0.6) is 5.75 Å². The number of phenolic OH excluding ortho intramolecular Hbond substituents is 1. The summed E-state index contributed by atoms with van der Waals surface area (Å²) in [5, 5.41) is 12.3. The van der Waals surface area contributed by atoms with E-state index in [0.29, 0.717) is 6.42 Å². The van der Waals surface area contributed by atoms with E-state index in [1.54, 1.807) is 12.1 Å². The Hall–Kier alpha value is -1.22. The molecule has 84 valence electrons. The number of benzene rings is 1. The fraction of sp³-hybridized carbons (Fsp3) is 0.250. The van der Waals surface area contributed by atoms with E-state index in [0.717, 1.165) is 3.57 Å². The van der Waals surface area contributed by atoms with Crippen LogP contribution < -0.4 is 5.32 Å². The van der Waals surface area contributed by atoms with Crippen LogP contribution in [0.1, 0.15) is 23.7 Å². The lowest BCUT2D eigenvalue weighted by atomic mass is 10.1.